The lowest BCUT2D eigenvalue weighted by molar-refractivity contribution is -0.136. The molecule has 128 valence electrons. The van der Waals surface area contributed by atoms with Gasteiger partial charge in [0, 0.05) is 13.2 Å². The van der Waals surface area contributed by atoms with Crippen LogP contribution in [-0.4, -0.2) is 30.1 Å². The number of aliphatic hydroxyl groups is 1. The molecule has 1 unspecified atom stereocenters. The fourth-order valence-corrected chi connectivity index (χ4v) is 2.26. The molecule has 0 saturated carbocycles. The number of rotatable bonds is 7. The van der Waals surface area contributed by atoms with E-state index in [4.69, 9.17) is 5.11 Å². The number of carbonyl (C=O) groups excluding carboxylic acids is 2. The first-order valence-corrected chi connectivity index (χ1v) is 7.49. The molecule has 1 rings (SSSR count). The van der Waals surface area contributed by atoms with Gasteiger partial charge in [-0.2, -0.15) is 0 Å². The zero-order chi connectivity index (χ0) is 17.4. The van der Waals surface area contributed by atoms with Gasteiger partial charge in [-0.1, -0.05) is 19.9 Å². The van der Waals surface area contributed by atoms with E-state index >= 15 is 0 Å². The van der Waals surface area contributed by atoms with Crippen molar-refractivity contribution in [3.63, 3.8) is 0 Å². The van der Waals surface area contributed by atoms with Gasteiger partial charge in [0.2, 0.25) is 0 Å². The second-order valence-corrected chi connectivity index (χ2v) is 5.77. The van der Waals surface area contributed by atoms with Crippen LogP contribution in [0, 0.1) is 23.5 Å². The maximum atomic E-state index is 13.4. The van der Waals surface area contributed by atoms with Gasteiger partial charge >= 0.3 is 11.8 Å². The molecule has 1 aromatic rings. The van der Waals surface area contributed by atoms with Crippen molar-refractivity contribution in [2.75, 3.05) is 18.5 Å². The minimum Gasteiger partial charge on any atom is -0.396 e. The molecular weight excluding hydrogens is 306 g/mol. The molecule has 0 aliphatic carbocycles. The molecule has 1 atom stereocenters. The van der Waals surface area contributed by atoms with Crippen molar-refractivity contribution in [1.29, 1.82) is 0 Å². The monoisotopic (exact) mass is 328 g/mol. The van der Waals surface area contributed by atoms with Gasteiger partial charge in [0.25, 0.3) is 0 Å². The molecule has 0 aliphatic heterocycles. The Balaban J connectivity index is 2.58. The third kappa shape index (κ3) is 6.32. The smallest absolute Gasteiger partial charge is 0.313 e. The molecule has 0 bridgehead atoms. The molecule has 0 heterocycles. The van der Waals surface area contributed by atoms with E-state index in [1.54, 1.807) is 0 Å². The van der Waals surface area contributed by atoms with Crippen molar-refractivity contribution in [2.45, 2.75) is 26.7 Å². The molecule has 0 spiro atoms. The summed E-state index contributed by atoms with van der Waals surface area (Å²) in [5, 5.41) is 13.4. The van der Waals surface area contributed by atoms with Crippen molar-refractivity contribution in [3.8, 4) is 0 Å². The zero-order valence-electron chi connectivity index (χ0n) is 13.2. The highest BCUT2D eigenvalue weighted by Crippen LogP contribution is 2.18. The highest BCUT2D eigenvalue weighted by atomic mass is 19.1. The van der Waals surface area contributed by atoms with Crippen LogP contribution in [-0.2, 0) is 9.59 Å². The molecule has 0 fully saturated rings. The molecule has 1 aromatic carbocycles. The van der Waals surface area contributed by atoms with Gasteiger partial charge in [0.05, 0.1) is 0 Å². The number of amides is 2. The predicted octanol–water partition coefficient (Wildman–Crippen LogP) is 2.06. The van der Waals surface area contributed by atoms with Crippen molar-refractivity contribution in [2.24, 2.45) is 11.8 Å². The SMILES string of the molecule is CC(C)CC(CCO)CNC(=O)C(=O)Nc1c(F)cccc1F. The lowest BCUT2D eigenvalue weighted by Gasteiger charge is -2.18. The minimum atomic E-state index is -1.14. The van der Waals surface area contributed by atoms with Crippen LogP contribution in [0.15, 0.2) is 18.2 Å². The van der Waals surface area contributed by atoms with E-state index < -0.39 is 29.1 Å². The van der Waals surface area contributed by atoms with Gasteiger partial charge < -0.3 is 15.7 Å². The Labute approximate surface area is 134 Å². The van der Waals surface area contributed by atoms with E-state index in [0.717, 1.165) is 24.6 Å². The van der Waals surface area contributed by atoms with Crippen molar-refractivity contribution >= 4 is 17.5 Å². The lowest BCUT2D eigenvalue weighted by Crippen LogP contribution is -2.38. The molecule has 0 saturated heterocycles. The number of hydrogen-bond donors (Lipinski definition) is 3. The highest BCUT2D eigenvalue weighted by Gasteiger charge is 2.19. The van der Waals surface area contributed by atoms with Gasteiger partial charge in [-0.15, -0.1) is 0 Å². The van der Waals surface area contributed by atoms with Crippen LogP contribution in [0.1, 0.15) is 26.7 Å². The number of benzene rings is 1. The first-order chi connectivity index (χ1) is 10.8. The molecule has 0 aliphatic rings. The molecule has 23 heavy (non-hydrogen) atoms. The number of hydrogen-bond acceptors (Lipinski definition) is 3. The fraction of sp³-hybridized carbons (Fsp3) is 0.500. The summed E-state index contributed by atoms with van der Waals surface area (Å²) >= 11 is 0. The molecule has 3 N–H and O–H groups in total. The maximum absolute atomic E-state index is 13.4. The minimum absolute atomic E-state index is 0.0140. The second kappa shape index (κ2) is 9.19. The van der Waals surface area contributed by atoms with E-state index in [1.165, 1.54) is 0 Å². The predicted molar refractivity (Wildman–Crippen MR) is 82.6 cm³/mol. The van der Waals surface area contributed by atoms with Crippen LogP contribution in [0.3, 0.4) is 0 Å². The Bertz CT molecular complexity index is 530. The standard InChI is InChI=1S/C16H22F2N2O3/c1-10(2)8-11(6-7-21)9-19-15(22)16(23)20-14-12(17)4-3-5-13(14)18/h3-5,10-11,21H,6-9H2,1-2H3,(H,19,22)(H,20,23). The summed E-state index contributed by atoms with van der Waals surface area (Å²) in [6.07, 6.45) is 1.28. The van der Waals surface area contributed by atoms with E-state index in [2.05, 4.69) is 5.32 Å². The Morgan fingerprint density at radius 2 is 1.78 bits per heavy atom. The fourth-order valence-electron chi connectivity index (χ4n) is 2.26. The number of para-hydroxylation sites is 1. The number of anilines is 1. The highest BCUT2D eigenvalue weighted by molar-refractivity contribution is 6.39. The third-order valence-electron chi connectivity index (χ3n) is 3.30. The lowest BCUT2D eigenvalue weighted by atomic mass is 9.94. The van der Waals surface area contributed by atoms with E-state index in [-0.39, 0.29) is 19.1 Å². The van der Waals surface area contributed by atoms with E-state index in [1.807, 2.05) is 19.2 Å². The van der Waals surface area contributed by atoms with Gasteiger partial charge in [0.15, 0.2) is 0 Å². The van der Waals surface area contributed by atoms with Crippen LogP contribution < -0.4 is 10.6 Å². The van der Waals surface area contributed by atoms with E-state index in [0.29, 0.717) is 12.3 Å². The summed E-state index contributed by atoms with van der Waals surface area (Å²) in [5.41, 5.74) is -0.651. The topological polar surface area (TPSA) is 78.4 Å². The largest absolute Gasteiger partial charge is 0.396 e. The summed E-state index contributed by atoms with van der Waals surface area (Å²) in [4.78, 5) is 23.4. The van der Waals surface area contributed by atoms with Crippen molar-refractivity contribution < 1.29 is 23.5 Å². The first-order valence-electron chi connectivity index (χ1n) is 7.49. The summed E-state index contributed by atoms with van der Waals surface area (Å²) in [7, 11) is 0. The Hall–Kier alpha value is -2.02. The average molecular weight is 328 g/mol. The summed E-state index contributed by atoms with van der Waals surface area (Å²) in [6.45, 7) is 4.23. The van der Waals surface area contributed by atoms with E-state index in [9.17, 15) is 18.4 Å². The Kier molecular flexibility index (Phi) is 7.61. The Morgan fingerprint density at radius 3 is 2.30 bits per heavy atom. The molecule has 0 aromatic heterocycles. The zero-order valence-corrected chi connectivity index (χ0v) is 13.2. The Morgan fingerprint density at radius 1 is 1.17 bits per heavy atom. The normalized spacial score (nSPS) is 12.1. The van der Waals surface area contributed by atoms with Crippen LogP contribution in [0.2, 0.25) is 0 Å². The molecule has 0 radical (unpaired) electrons. The van der Waals surface area contributed by atoms with Gasteiger partial charge in [-0.3, -0.25) is 9.59 Å². The summed E-state index contributed by atoms with van der Waals surface area (Å²) in [5.74, 6) is -3.61. The second-order valence-electron chi connectivity index (χ2n) is 5.77. The van der Waals surface area contributed by atoms with Gasteiger partial charge in [-0.05, 0) is 36.8 Å². The van der Waals surface area contributed by atoms with Gasteiger partial charge in [0.1, 0.15) is 17.3 Å². The number of halogens is 2. The molecule has 2 amide bonds. The molecular formula is C16H22F2N2O3. The quantitative estimate of drug-likeness (QED) is 0.671. The molecule has 7 heteroatoms. The first kappa shape index (κ1) is 19.0. The maximum Gasteiger partial charge on any atom is 0.313 e. The summed E-state index contributed by atoms with van der Waals surface area (Å²) in [6, 6.07) is 3.12. The average Bonchev–Trinajstić information content (AvgIpc) is 2.47. The summed E-state index contributed by atoms with van der Waals surface area (Å²) < 4.78 is 26.8. The molecule has 5 nitrogen and oxygen atoms in total. The third-order valence-corrected chi connectivity index (χ3v) is 3.30. The van der Waals surface area contributed by atoms with Gasteiger partial charge in [-0.25, -0.2) is 8.78 Å². The number of aliphatic hydroxyl groups excluding tert-OH is 1. The van der Waals surface area contributed by atoms with Crippen LogP contribution in [0.5, 0.6) is 0 Å². The van der Waals surface area contributed by atoms with Crippen molar-refractivity contribution in [1.82, 2.24) is 5.32 Å². The number of nitrogens with one attached hydrogen (secondary N) is 2. The van der Waals surface area contributed by atoms with Crippen molar-refractivity contribution in [3.05, 3.63) is 29.8 Å². The van der Waals surface area contributed by atoms with Crippen LogP contribution in [0.25, 0.3) is 0 Å². The van der Waals surface area contributed by atoms with Crippen LogP contribution in [0.4, 0.5) is 14.5 Å². The number of carbonyl (C=O) groups is 2. The van der Waals surface area contributed by atoms with Crippen LogP contribution >= 0.6 is 0 Å².